The number of hydrogen-bond acceptors (Lipinski definition) is 3. The Balaban J connectivity index is 2.05. The van der Waals surface area contributed by atoms with E-state index in [1.807, 2.05) is 30.3 Å². The Labute approximate surface area is 123 Å². The highest BCUT2D eigenvalue weighted by molar-refractivity contribution is 9.13. The van der Waals surface area contributed by atoms with Crippen LogP contribution in [-0.2, 0) is 17.9 Å². The molecular formula is C13H13Br2NO2. The summed E-state index contributed by atoms with van der Waals surface area (Å²) in [5, 5.41) is 3.34. The lowest BCUT2D eigenvalue weighted by molar-refractivity contribution is 0.185. The molecule has 1 aromatic carbocycles. The first-order chi connectivity index (χ1) is 8.70. The van der Waals surface area contributed by atoms with Crippen LogP contribution in [0.25, 0.3) is 0 Å². The van der Waals surface area contributed by atoms with Crippen LogP contribution in [0.15, 0.2) is 43.9 Å². The molecule has 0 saturated heterocycles. The fourth-order valence-corrected chi connectivity index (χ4v) is 2.29. The lowest BCUT2D eigenvalue weighted by Crippen LogP contribution is -2.02. The average Bonchev–Trinajstić information content (AvgIpc) is 2.68. The Morgan fingerprint density at radius 2 is 2.06 bits per heavy atom. The number of hydrogen-bond donors (Lipinski definition) is 1. The third-order valence-corrected chi connectivity index (χ3v) is 4.18. The molecule has 96 valence electrons. The number of rotatable bonds is 5. The van der Waals surface area contributed by atoms with Crippen molar-refractivity contribution in [1.29, 1.82) is 0 Å². The quantitative estimate of drug-likeness (QED) is 0.832. The Bertz CT molecular complexity index is 506. The van der Waals surface area contributed by atoms with Crippen molar-refractivity contribution in [1.82, 2.24) is 0 Å². The highest BCUT2D eigenvalue weighted by Crippen LogP contribution is 2.27. The Hall–Kier alpha value is -0.780. The van der Waals surface area contributed by atoms with Crippen molar-refractivity contribution >= 4 is 37.5 Å². The van der Waals surface area contributed by atoms with Crippen molar-refractivity contribution in [3.8, 4) is 0 Å². The van der Waals surface area contributed by atoms with Crippen molar-refractivity contribution in [2.24, 2.45) is 0 Å². The normalized spacial score (nSPS) is 10.6. The van der Waals surface area contributed by atoms with Gasteiger partial charge in [0, 0.05) is 18.4 Å². The van der Waals surface area contributed by atoms with E-state index in [4.69, 9.17) is 9.15 Å². The first-order valence-electron chi connectivity index (χ1n) is 5.45. The molecule has 3 nitrogen and oxygen atoms in total. The van der Waals surface area contributed by atoms with Crippen LogP contribution in [0.1, 0.15) is 11.3 Å². The van der Waals surface area contributed by atoms with Gasteiger partial charge in [-0.3, -0.25) is 0 Å². The minimum Gasteiger partial charge on any atom is -0.451 e. The molecule has 2 aromatic rings. The van der Waals surface area contributed by atoms with Gasteiger partial charge in [-0.25, -0.2) is 0 Å². The van der Waals surface area contributed by atoms with E-state index < -0.39 is 0 Å². The van der Waals surface area contributed by atoms with E-state index >= 15 is 0 Å². The Morgan fingerprint density at radius 3 is 2.72 bits per heavy atom. The van der Waals surface area contributed by atoms with E-state index in [1.54, 1.807) is 7.11 Å². The summed E-state index contributed by atoms with van der Waals surface area (Å²) >= 11 is 6.71. The maximum absolute atomic E-state index is 5.51. The molecule has 0 saturated carbocycles. The molecule has 18 heavy (non-hydrogen) atoms. The Kier molecular flexibility index (Phi) is 4.86. The second-order valence-electron chi connectivity index (χ2n) is 3.78. The molecule has 0 aliphatic heterocycles. The predicted octanol–water partition coefficient (Wildman–Crippen LogP) is 4.56. The van der Waals surface area contributed by atoms with E-state index in [0.717, 1.165) is 21.5 Å². The molecule has 0 bridgehead atoms. The molecule has 1 heterocycles. The van der Waals surface area contributed by atoms with Gasteiger partial charge in [0.25, 0.3) is 0 Å². The molecule has 0 spiro atoms. The van der Waals surface area contributed by atoms with Crippen molar-refractivity contribution in [2.45, 2.75) is 13.2 Å². The zero-order valence-electron chi connectivity index (χ0n) is 9.87. The summed E-state index contributed by atoms with van der Waals surface area (Å²) in [7, 11) is 1.69. The molecule has 0 aliphatic rings. The van der Waals surface area contributed by atoms with Gasteiger partial charge >= 0.3 is 0 Å². The SMILES string of the molecule is COCc1ccccc1NCc1cc(Br)c(Br)o1. The molecule has 0 amide bonds. The minimum atomic E-state index is 0.592. The molecule has 0 atom stereocenters. The van der Waals surface area contributed by atoms with Crippen LogP contribution in [0.5, 0.6) is 0 Å². The minimum absolute atomic E-state index is 0.592. The van der Waals surface area contributed by atoms with E-state index in [2.05, 4.69) is 37.2 Å². The van der Waals surface area contributed by atoms with Gasteiger partial charge in [-0.2, -0.15) is 0 Å². The topological polar surface area (TPSA) is 34.4 Å². The molecule has 0 radical (unpaired) electrons. The lowest BCUT2D eigenvalue weighted by Gasteiger charge is -2.10. The maximum Gasteiger partial charge on any atom is 0.183 e. The van der Waals surface area contributed by atoms with Crippen LogP contribution < -0.4 is 5.32 Å². The van der Waals surface area contributed by atoms with E-state index in [0.29, 0.717) is 17.8 Å². The van der Waals surface area contributed by atoms with Gasteiger partial charge in [-0.1, -0.05) is 18.2 Å². The highest BCUT2D eigenvalue weighted by Gasteiger charge is 2.07. The molecule has 0 fully saturated rings. The third kappa shape index (κ3) is 3.37. The molecule has 0 aliphatic carbocycles. The largest absolute Gasteiger partial charge is 0.451 e. The fourth-order valence-electron chi connectivity index (χ4n) is 1.63. The van der Waals surface area contributed by atoms with Crippen LogP contribution >= 0.6 is 31.9 Å². The maximum atomic E-state index is 5.51. The zero-order chi connectivity index (χ0) is 13.0. The van der Waals surface area contributed by atoms with Crippen LogP contribution in [0, 0.1) is 0 Å². The lowest BCUT2D eigenvalue weighted by atomic mass is 10.2. The molecule has 5 heteroatoms. The number of benzene rings is 1. The summed E-state index contributed by atoms with van der Waals surface area (Å²) in [6, 6.07) is 10.0. The zero-order valence-corrected chi connectivity index (χ0v) is 13.0. The standard InChI is InChI=1S/C13H13Br2NO2/c1-17-8-9-4-2-3-5-12(9)16-7-10-6-11(14)13(15)18-10/h2-6,16H,7-8H2,1H3. The van der Waals surface area contributed by atoms with Crippen molar-refractivity contribution < 1.29 is 9.15 Å². The second-order valence-corrected chi connectivity index (χ2v) is 5.35. The molecular weight excluding hydrogens is 362 g/mol. The third-order valence-electron chi connectivity index (χ3n) is 2.47. The average molecular weight is 375 g/mol. The summed E-state index contributed by atoms with van der Waals surface area (Å²) in [6.07, 6.45) is 0. The van der Waals surface area contributed by atoms with Crippen LogP contribution in [0.2, 0.25) is 0 Å². The van der Waals surface area contributed by atoms with E-state index in [9.17, 15) is 0 Å². The summed E-state index contributed by atoms with van der Waals surface area (Å²) in [5.41, 5.74) is 2.19. The Morgan fingerprint density at radius 1 is 1.28 bits per heavy atom. The van der Waals surface area contributed by atoms with Gasteiger partial charge in [0.2, 0.25) is 0 Å². The van der Waals surface area contributed by atoms with E-state index in [1.165, 1.54) is 0 Å². The summed E-state index contributed by atoms with van der Waals surface area (Å²) in [4.78, 5) is 0. The number of anilines is 1. The van der Waals surface area contributed by atoms with Crippen molar-refractivity contribution in [2.75, 3.05) is 12.4 Å². The number of ether oxygens (including phenoxy) is 1. The monoisotopic (exact) mass is 373 g/mol. The molecule has 0 unspecified atom stereocenters. The summed E-state index contributed by atoms with van der Waals surface area (Å²) < 4.78 is 12.3. The number of methoxy groups -OCH3 is 1. The van der Waals surface area contributed by atoms with E-state index in [-0.39, 0.29) is 0 Å². The van der Waals surface area contributed by atoms with Gasteiger partial charge in [-0.05, 0) is 44.0 Å². The van der Waals surface area contributed by atoms with Crippen molar-refractivity contribution in [3.63, 3.8) is 0 Å². The number of halogens is 2. The van der Waals surface area contributed by atoms with Gasteiger partial charge in [0.15, 0.2) is 4.67 Å². The van der Waals surface area contributed by atoms with Crippen LogP contribution in [-0.4, -0.2) is 7.11 Å². The van der Waals surface area contributed by atoms with Gasteiger partial charge in [0.1, 0.15) is 5.76 Å². The summed E-state index contributed by atoms with van der Waals surface area (Å²) in [5.74, 6) is 0.862. The number of nitrogens with one attached hydrogen (secondary N) is 1. The molecule has 1 aromatic heterocycles. The first-order valence-corrected chi connectivity index (χ1v) is 7.03. The van der Waals surface area contributed by atoms with Gasteiger partial charge in [-0.15, -0.1) is 0 Å². The second kappa shape index (κ2) is 6.41. The molecule has 1 N–H and O–H groups in total. The van der Waals surface area contributed by atoms with Crippen LogP contribution in [0.3, 0.4) is 0 Å². The predicted molar refractivity (Wildman–Crippen MR) is 78.6 cm³/mol. The highest BCUT2D eigenvalue weighted by atomic mass is 79.9. The van der Waals surface area contributed by atoms with Crippen LogP contribution in [0.4, 0.5) is 5.69 Å². The smallest absolute Gasteiger partial charge is 0.183 e. The molecule has 2 rings (SSSR count). The first kappa shape index (κ1) is 13.6. The van der Waals surface area contributed by atoms with Gasteiger partial charge < -0.3 is 14.5 Å². The summed E-state index contributed by atoms with van der Waals surface area (Å²) in [6.45, 7) is 1.22. The fraction of sp³-hybridized carbons (Fsp3) is 0.231. The number of furan rings is 1. The van der Waals surface area contributed by atoms with Crippen molar-refractivity contribution in [3.05, 3.63) is 50.8 Å². The van der Waals surface area contributed by atoms with Gasteiger partial charge in [0.05, 0.1) is 17.6 Å². The number of para-hydroxylation sites is 1.